The number of carbonyl (C=O) groups is 1. The predicted molar refractivity (Wildman–Crippen MR) is 114 cm³/mol. The number of hydrogen-bond acceptors (Lipinski definition) is 2. The van der Waals surface area contributed by atoms with Gasteiger partial charge in [-0.05, 0) is 45.0 Å². The van der Waals surface area contributed by atoms with Gasteiger partial charge in [0.25, 0.3) is 0 Å². The highest BCUT2D eigenvalue weighted by Crippen LogP contribution is 2.26. The Morgan fingerprint density at radius 1 is 0.815 bits per heavy atom. The molecule has 2 heteroatoms. The first-order chi connectivity index (χ1) is 13.3. The third-order valence-corrected chi connectivity index (χ3v) is 4.89. The van der Waals surface area contributed by atoms with Gasteiger partial charge in [0.15, 0.2) is 5.78 Å². The summed E-state index contributed by atoms with van der Waals surface area (Å²) in [7, 11) is 0. The number of fused-ring (bicyclic) bond motifs is 3. The molecule has 4 aromatic carbocycles. The van der Waals surface area contributed by atoms with E-state index in [1.807, 2.05) is 55.6 Å². The monoisotopic (exact) mass is 351 g/mol. The number of ketones is 1. The van der Waals surface area contributed by atoms with Crippen LogP contribution in [0.3, 0.4) is 0 Å². The summed E-state index contributed by atoms with van der Waals surface area (Å²) in [6.07, 6.45) is 3.96. The Bertz CT molecular complexity index is 1250. The van der Waals surface area contributed by atoms with Gasteiger partial charge in [-0.2, -0.15) is 0 Å². The topological polar surface area (TPSA) is 29.1 Å². The average Bonchev–Trinajstić information content (AvgIpc) is 2.73. The Morgan fingerprint density at radius 2 is 1.52 bits per heavy atom. The lowest BCUT2D eigenvalue weighted by atomic mass is 9.99. The molecule has 0 heterocycles. The van der Waals surface area contributed by atoms with Crippen LogP contribution in [0.2, 0.25) is 0 Å². The minimum absolute atomic E-state index is 0.0827. The molecule has 0 bridgehead atoms. The summed E-state index contributed by atoms with van der Waals surface area (Å²) in [5, 5.41) is 10.1. The molecule has 0 amide bonds. The molecule has 0 saturated heterocycles. The number of rotatable bonds is 4. The summed E-state index contributed by atoms with van der Waals surface area (Å²) >= 11 is 0. The zero-order chi connectivity index (χ0) is 18.6. The van der Waals surface area contributed by atoms with E-state index < -0.39 is 0 Å². The second-order valence-electron chi connectivity index (χ2n) is 6.59. The van der Waals surface area contributed by atoms with Crippen LogP contribution in [0.1, 0.15) is 17.3 Å². The van der Waals surface area contributed by atoms with E-state index in [9.17, 15) is 4.79 Å². The van der Waals surface area contributed by atoms with Crippen molar-refractivity contribution in [3.05, 3.63) is 94.9 Å². The van der Waals surface area contributed by atoms with Crippen LogP contribution < -0.4 is 15.8 Å². The van der Waals surface area contributed by atoms with Crippen molar-refractivity contribution >= 4 is 39.6 Å². The number of carbonyl (C=O) groups excluding carboxylic acids is 1. The fourth-order valence-electron chi connectivity index (χ4n) is 3.45. The van der Waals surface area contributed by atoms with E-state index in [0.29, 0.717) is 0 Å². The van der Waals surface area contributed by atoms with Gasteiger partial charge in [-0.15, -0.1) is 0 Å². The Balaban J connectivity index is 1.59. The van der Waals surface area contributed by atoms with Crippen molar-refractivity contribution in [2.75, 3.05) is 6.54 Å². The molecular weight excluding hydrogens is 330 g/mol. The van der Waals surface area contributed by atoms with E-state index in [-0.39, 0.29) is 12.3 Å². The van der Waals surface area contributed by atoms with Crippen LogP contribution in [0.15, 0.2) is 78.9 Å². The molecule has 4 rings (SSSR count). The van der Waals surface area contributed by atoms with Crippen molar-refractivity contribution in [1.29, 1.82) is 0 Å². The molecule has 0 aliphatic heterocycles. The number of benzene rings is 4. The summed E-state index contributed by atoms with van der Waals surface area (Å²) in [6, 6.07) is 26.6. The molecular formula is C25H21NO. The minimum Gasteiger partial charge on any atom is -0.383 e. The minimum atomic E-state index is 0.0827. The first-order valence-corrected chi connectivity index (χ1v) is 9.16. The molecule has 0 saturated carbocycles. The van der Waals surface area contributed by atoms with E-state index >= 15 is 0 Å². The molecule has 2 nitrogen and oxygen atoms in total. The van der Waals surface area contributed by atoms with Crippen molar-refractivity contribution in [3.8, 4) is 0 Å². The summed E-state index contributed by atoms with van der Waals surface area (Å²) in [6.45, 7) is 2.29. The SMILES string of the molecule is C/C=c1/cccc/c1=C/NCC(=O)c1ccc2c(ccc3ccccc32)c1. The normalized spacial score (nSPS) is 12.6. The first kappa shape index (κ1) is 17.0. The molecule has 4 aromatic rings. The lowest BCUT2D eigenvalue weighted by Crippen LogP contribution is -2.28. The fourth-order valence-corrected chi connectivity index (χ4v) is 3.45. The largest absolute Gasteiger partial charge is 0.383 e. The quantitative estimate of drug-likeness (QED) is 0.445. The van der Waals surface area contributed by atoms with Gasteiger partial charge >= 0.3 is 0 Å². The lowest BCUT2D eigenvalue weighted by Gasteiger charge is -2.07. The van der Waals surface area contributed by atoms with Crippen molar-refractivity contribution in [3.63, 3.8) is 0 Å². The molecule has 0 spiro atoms. The number of nitrogens with one attached hydrogen (secondary N) is 1. The third kappa shape index (κ3) is 3.47. The van der Waals surface area contributed by atoms with E-state index in [2.05, 4.69) is 47.8 Å². The van der Waals surface area contributed by atoms with Gasteiger partial charge in [0.05, 0.1) is 6.54 Å². The Kier molecular flexibility index (Phi) is 4.71. The number of Topliss-reactive ketones (excluding diaryl/α,β-unsaturated/α-hetero) is 1. The molecule has 27 heavy (non-hydrogen) atoms. The second-order valence-corrected chi connectivity index (χ2v) is 6.59. The third-order valence-electron chi connectivity index (χ3n) is 4.89. The molecule has 0 atom stereocenters. The van der Waals surface area contributed by atoms with E-state index in [4.69, 9.17) is 0 Å². The maximum absolute atomic E-state index is 12.6. The Morgan fingerprint density at radius 3 is 2.37 bits per heavy atom. The maximum atomic E-state index is 12.6. The van der Waals surface area contributed by atoms with Gasteiger partial charge in [-0.3, -0.25) is 4.79 Å². The van der Waals surface area contributed by atoms with E-state index in [1.54, 1.807) is 0 Å². The molecule has 0 unspecified atom stereocenters. The van der Waals surface area contributed by atoms with Gasteiger partial charge in [0, 0.05) is 11.8 Å². The average molecular weight is 351 g/mol. The molecule has 0 aliphatic rings. The highest BCUT2D eigenvalue weighted by Gasteiger charge is 2.07. The van der Waals surface area contributed by atoms with Crippen LogP contribution >= 0.6 is 0 Å². The lowest BCUT2D eigenvalue weighted by molar-refractivity contribution is 0.0996. The molecule has 0 fully saturated rings. The molecule has 0 aliphatic carbocycles. The van der Waals surface area contributed by atoms with Gasteiger partial charge in [0.1, 0.15) is 0 Å². The Labute approximate surface area is 158 Å². The summed E-state index contributed by atoms with van der Waals surface area (Å²) < 4.78 is 0. The molecule has 132 valence electrons. The van der Waals surface area contributed by atoms with Gasteiger partial charge in [-0.1, -0.05) is 78.9 Å². The van der Waals surface area contributed by atoms with Gasteiger partial charge in [-0.25, -0.2) is 0 Å². The van der Waals surface area contributed by atoms with Crippen LogP contribution in [-0.4, -0.2) is 12.3 Å². The molecule has 0 radical (unpaired) electrons. The van der Waals surface area contributed by atoms with Gasteiger partial charge < -0.3 is 5.32 Å². The molecule has 1 N–H and O–H groups in total. The Hall–Kier alpha value is -3.39. The summed E-state index contributed by atoms with van der Waals surface area (Å²) in [5.41, 5.74) is 0.731. The smallest absolute Gasteiger partial charge is 0.181 e. The number of hydrogen-bond donors (Lipinski definition) is 1. The fraction of sp³-hybridized carbons (Fsp3) is 0.0800. The highest BCUT2D eigenvalue weighted by atomic mass is 16.1. The standard InChI is InChI=1S/C25H21NO/c1-2-18-7-3-4-9-22(18)16-26-17-25(27)21-13-14-24-20(15-21)12-11-19-8-5-6-10-23(19)24/h2-16,26H,17H2,1H3/b18-2-,22-16-. The van der Waals surface area contributed by atoms with Crippen molar-refractivity contribution in [1.82, 2.24) is 5.32 Å². The summed E-state index contributed by atoms with van der Waals surface area (Å²) in [4.78, 5) is 12.6. The highest BCUT2D eigenvalue weighted by molar-refractivity contribution is 6.10. The van der Waals surface area contributed by atoms with Crippen LogP contribution in [0, 0.1) is 0 Å². The maximum Gasteiger partial charge on any atom is 0.181 e. The zero-order valence-electron chi connectivity index (χ0n) is 15.3. The van der Waals surface area contributed by atoms with E-state index in [1.165, 1.54) is 16.2 Å². The van der Waals surface area contributed by atoms with Crippen LogP contribution in [0.25, 0.3) is 33.8 Å². The van der Waals surface area contributed by atoms with Crippen LogP contribution in [0.4, 0.5) is 0 Å². The first-order valence-electron chi connectivity index (χ1n) is 9.16. The van der Waals surface area contributed by atoms with Gasteiger partial charge in [0.2, 0.25) is 0 Å². The zero-order valence-corrected chi connectivity index (χ0v) is 15.3. The summed E-state index contributed by atoms with van der Waals surface area (Å²) in [5.74, 6) is 0.0827. The second kappa shape index (κ2) is 7.46. The van der Waals surface area contributed by atoms with Crippen molar-refractivity contribution in [2.45, 2.75) is 6.92 Å². The molecule has 0 aromatic heterocycles. The van der Waals surface area contributed by atoms with Crippen molar-refractivity contribution in [2.24, 2.45) is 0 Å². The predicted octanol–water partition coefficient (Wildman–Crippen LogP) is 4.00. The van der Waals surface area contributed by atoms with Crippen molar-refractivity contribution < 1.29 is 4.79 Å². The van der Waals surface area contributed by atoms with Crippen LogP contribution in [-0.2, 0) is 0 Å². The van der Waals surface area contributed by atoms with E-state index in [0.717, 1.165) is 21.4 Å². The van der Waals surface area contributed by atoms with Crippen LogP contribution in [0.5, 0.6) is 0 Å².